The number of anilines is 2. The summed E-state index contributed by atoms with van der Waals surface area (Å²) >= 11 is 0. The minimum absolute atomic E-state index is 0.0152. The first kappa shape index (κ1) is 14.5. The molecule has 2 aromatic rings. The van der Waals surface area contributed by atoms with Crippen molar-refractivity contribution in [3.05, 3.63) is 61.1 Å². The molecule has 0 radical (unpaired) electrons. The molecule has 114 valence electrons. The van der Waals surface area contributed by atoms with Gasteiger partial charge < -0.3 is 10.6 Å². The molecule has 1 unspecified atom stereocenters. The first-order chi connectivity index (χ1) is 10.8. The van der Waals surface area contributed by atoms with Crippen molar-refractivity contribution >= 4 is 11.5 Å². The number of nitrogens with zero attached hydrogens (tertiary/aromatic N) is 4. The Labute approximate surface area is 131 Å². The van der Waals surface area contributed by atoms with E-state index in [0.29, 0.717) is 5.82 Å². The van der Waals surface area contributed by atoms with Crippen LogP contribution in [0.25, 0.3) is 0 Å². The highest BCUT2D eigenvalue weighted by Crippen LogP contribution is 2.23. The molecule has 3 rings (SSSR count). The smallest absolute Gasteiger partial charge is 0.151 e. The molecule has 0 spiro atoms. The van der Waals surface area contributed by atoms with E-state index in [4.69, 9.17) is 5.73 Å². The quantitative estimate of drug-likeness (QED) is 0.876. The van der Waals surface area contributed by atoms with Crippen LogP contribution in [-0.4, -0.2) is 41.0 Å². The molecule has 0 saturated carbocycles. The van der Waals surface area contributed by atoms with Gasteiger partial charge in [-0.2, -0.15) is 0 Å². The Balaban J connectivity index is 1.68. The van der Waals surface area contributed by atoms with Crippen LogP contribution in [-0.2, 0) is 0 Å². The molecule has 0 aliphatic carbocycles. The molecule has 2 N–H and O–H groups in total. The molecule has 2 heterocycles. The fourth-order valence-corrected chi connectivity index (χ4v) is 2.85. The third kappa shape index (κ3) is 3.09. The fourth-order valence-electron chi connectivity index (χ4n) is 2.85. The van der Waals surface area contributed by atoms with Gasteiger partial charge in [-0.25, -0.2) is 9.97 Å². The lowest BCUT2D eigenvalue weighted by Crippen LogP contribution is -2.47. The minimum atomic E-state index is 0.0152. The van der Waals surface area contributed by atoms with E-state index in [9.17, 15) is 0 Å². The molecule has 1 aromatic heterocycles. The van der Waals surface area contributed by atoms with Gasteiger partial charge in [-0.1, -0.05) is 24.3 Å². The monoisotopic (exact) mass is 295 g/mol. The molecule has 5 heteroatoms. The van der Waals surface area contributed by atoms with Crippen molar-refractivity contribution in [3.63, 3.8) is 0 Å². The molecule has 1 aliphatic heterocycles. The summed E-state index contributed by atoms with van der Waals surface area (Å²) < 4.78 is 0. The van der Waals surface area contributed by atoms with Crippen LogP contribution in [0, 0.1) is 0 Å². The number of para-hydroxylation sites is 1. The highest BCUT2D eigenvalue weighted by molar-refractivity contribution is 5.46. The molecule has 1 fully saturated rings. The minimum Gasteiger partial charge on any atom is -0.384 e. The lowest BCUT2D eigenvalue weighted by molar-refractivity contribution is 0.211. The van der Waals surface area contributed by atoms with E-state index in [1.165, 1.54) is 5.69 Å². The lowest BCUT2D eigenvalue weighted by atomic mass is 10.1. The van der Waals surface area contributed by atoms with E-state index in [-0.39, 0.29) is 6.04 Å². The second kappa shape index (κ2) is 6.58. The van der Waals surface area contributed by atoms with Crippen LogP contribution in [0.3, 0.4) is 0 Å². The van der Waals surface area contributed by atoms with Crippen molar-refractivity contribution in [2.24, 2.45) is 0 Å². The Bertz CT molecular complexity index is 620. The molecule has 1 aromatic carbocycles. The number of nitrogen functional groups attached to an aromatic ring is 1. The lowest BCUT2D eigenvalue weighted by Gasteiger charge is -2.38. The molecular weight excluding hydrogens is 274 g/mol. The largest absolute Gasteiger partial charge is 0.384 e. The van der Waals surface area contributed by atoms with Crippen LogP contribution in [0.4, 0.5) is 11.5 Å². The molecule has 0 bridgehead atoms. The van der Waals surface area contributed by atoms with E-state index in [1.54, 1.807) is 12.3 Å². The maximum atomic E-state index is 5.77. The average molecular weight is 295 g/mol. The number of hydrogen-bond donors (Lipinski definition) is 1. The zero-order valence-electron chi connectivity index (χ0n) is 12.6. The van der Waals surface area contributed by atoms with Crippen LogP contribution in [0.2, 0.25) is 0 Å². The topological polar surface area (TPSA) is 58.3 Å². The summed E-state index contributed by atoms with van der Waals surface area (Å²) in [5.41, 5.74) is 7.04. The van der Waals surface area contributed by atoms with Crippen LogP contribution < -0.4 is 10.6 Å². The zero-order valence-corrected chi connectivity index (χ0v) is 12.6. The molecule has 22 heavy (non-hydrogen) atoms. The normalized spacial score (nSPS) is 17.2. The molecule has 1 saturated heterocycles. The number of benzene rings is 1. The average Bonchev–Trinajstić information content (AvgIpc) is 2.57. The SMILES string of the molecule is C=CC(c1nccc(N)n1)N1CCN(c2ccccc2)CC1. The number of aromatic nitrogens is 2. The van der Waals surface area contributed by atoms with Crippen LogP contribution >= 0.6 is 0 Å². The molecule has 0 amide bonds. The van der Waals surface area contributed by atoms with Crippen molar-refractivity contribution in [2.45, 2.75) is 6.04 Å². The Kier molecular flexibility index (Phi) is 4.34. The van der Waals surface area contributed by atoms with Gasteiger partial charge in [-0.3, -0.25) is 4.90 Å². The number of nitrogens with two attached hydrogens (primary N) is 1. The van der Waals surface area contributed by atoms with Gasteiger partial charge in [0.25, 0.3) is 0 Å². The first-order valence-electron chi connectivity index (χ1n) is 7.53. The molecular formula is C17H21N5. The Morgan fingerprint density at radius 1 is 1.09 bits per heavy atom. The van der Waals surface area contributed by atoms with E-state index in [0.717, 1.165) is 32.0 Å². The predicted molar refractivity (Wildman–Crippen MR) is 89.6 cm³/mol. The standard InChI is InChI=1S/C17H21N5/c1-2-15(17-19-9-8-16(18)20-17)22-12-10-21(11-13-22)14-6-4-3-5-7-14/h2-9,15H,1,10-13H2,(H2,18,19,20). The van der Waals surface area contributed by atoms with Crippen molar-refractivity contribution in [1.29, 1.82) is 0 Å². The summed E-state index contributed by atoms with van der Waals surface area (Å²) in [5, 5.41) is 0. The van der Waals surface area contributed by atoms with E-state index in [1.807, 2.05) is 12.1 Å². The highest BCUT2D eigenvalue weighted by atomic mass is 15.3. The molecule has 5 nitrogen and oxygen atoms in total. The van der Waals surface area contributed by atoms with E-state index >= 15 is 0 Å². The van der Waals surface area contributed by atoms with Gasteiger partial charge in [-0.05, 0) is 18.2 Å². The van der Waals surface area contributed by atoms with Gasteiger partial charge in [0, 0.05) is 38.1 Å². The second-order valence-corrected chi connectivity index (χ2v) is 5.38. The van der Waals surface area contributed by atoms with Crippen molar-refractivity contribution in [1.82, 2.24) is 14.9 Å². The third-order valence-electron chi connectivity index (χ3n) is 4.01. The maximum absolute atomic E-state index is 5.77. The molecule has 1 aliphatic rings. The summed E-state index contributed by atoms with van der Waals surface area (Å²) in [4.78, 5) is 13.4. The van der Waals surface area contributed by atoms with Gasteiger partial charge >= 0.3 is 0 Å². The second-order valence-electron chi connectivity index (χ2n) is 5.38. The van der Waals surface area contributed by atoms with Crippen LogP contribution in [0.15, 0.2) is 55.3 Å². The number of rotatable bonds is 4. The van der Waals surface area contributed by atoms with Gasteiger partial charge in [-0.15, -0.1) is 6.58 Å². The van der Waals surface area contributed by atoms with E-state index < -0.39 is 0 Å². The van der Waals surface area contributed by atoms with Gasteiger partial charge in [0.15, 0.2) is 5.82 Å². The summed E-state index contributed by atoms with van der Waals surface area (Å²) in [6.07, 6.45) is 3.60. The van der Waals surface area contributed by atoms with Crippen molar-refractivity contribution < 1.29 is 0 Å². The Morgan fingerprint density at radius 2 is 1.82 bits per heavy atom. The highest BCUT2D eigenvalue weighted by Gasteiger charge is 2.24. The summed E-state index contributed by atoms with van der Waals surface area (Å²) in [6, 6.07) is 12.2. The first-order valence-corrected chi connectivity index (χ1v) is 7.53. The number of piperazine rings is 1. The fraction of sp³-hybridized carbons (Fsp3) is 0.294. The molecule has 1 atom stereocenters. The zero-order chi connectivity index (χ0) is 15.4. The Morgan fingerprint density at radius 3 is 2.45 bits per heavy atom. The predicted octanol–water partition coefficient (Wildman–Crippen LogP) is 2.11. The maximum Gasteiger partial charge on any atom is 0.151 e. The number of hydrogen-bond acceptors (Lipinski definition) is 5. The summed E-state index contributed by atoms with van der Waals surface area (Å²) in [5.74, 6) is 1.22. The van der Waals surface area contributed by atoms with Gasteiger partial charge in [0.1, 0.15) is 5.82 Å². The Hall–Kier alpha value is -2.40. The van der Waals surface area contributed by atoms with Crippen molar-refractivity contribution in [3.8, 4) is 0 Å². The van der Waals surface area contributed by atoms with Crippen molar-refractivity contribution in [2.75, 3.05) is 36.8 Å². The summed E-state index contributed by atoms with van der Waals surface area (Å²) in [6.45, 7) is 7.81. The van der Waals surface area contributed by atoms with Crippen LogP contribution in [0.5, 0.6) is 0 Å². The van der Waals surface area contributed by atoms with E-state index in [2.05, 4.69) is 50.6 Å². The van der Waals surface area contributed by atoms with Crippen LogP contribution in [0.1, 0.15) is 11.9 Å². The van der Waals surface area contributed by atoms with Gasteiger partial charge in [0.2, 0.25) is 0 Å². The summed E-state index contributed by atoms with van der Waals surface area (Å²) in [7, 11) is 0. The third-order valence-corrected chi connectivity index (χ3v) is 4.01. The van der Waals surface area contributed by atoms with Gasteiger partial charge in [0.05, 0.1) is 6.04 Å².